The maximum absolute atomic E-state index is 13.0. The Bertz CT molecular complexity index is 461. The number of hydrazine groups is 2. The molecule has 0 radical (unpaired) electrons. The van der Waals surface area contributed by atoms with Crippen molar-refractivity contribution in [2.24, 2.45) is 0 Å². The van der Waals surface area contributed by atoms with Crippen molar-refractivity contribution in [1.29, 1.82) is 0 Å². The predicted molar refractivity (Wildman–Crippen MR) is 58.8 cm³/mol. The fourth-order valence-corrected chi connectivity index (χ4v) is 2.15. The quantitative estimate of drug-likeness (QED) is 0.205. The lowest BCUT2D eigenvalue weighted by Crippen LogP contribution is -2.72. The molecule has 0 bridgehead atoms. The number of hydrogen-bond donors (Lipinski definition) is 0. The standard InChI is InChI=1S/C6H8F8N8O4/c7-17(8)5(18(9)10)1-15(21(23)24)3-6(19(11)12,20(13)14)4-16(2-5)22(25)26/h1-4H2. The van der Waals surface area contributed by atoms with Crippen molar-refractivity contribution < 1.29 is 45.9 Å². The monoisotopic (exact) mass is 408 g/mol. The van der Waals surface area contributed by atoms with Gasteiger partial charge in [-0.15, -0.1) is 10.0 Å². The van der Waals surface area contributed by atoms with Gasteiger partial charge in [-0.05, 0) is 0 Å². The first-order valence-corrected chi connectivity index (χ1v) is 6.06. The molecule has 0 aromatic heterocycles. The van der Waals surface area contributed by atoms with Crippen LogP contribution in [0.1, 0.15) is 0 Å². The zero-order chi connectivity index (χ0) is 20.4. The molecule has 20 heteroatoms. The van der Waals surface area contributed by atoms with E-state index in [9.17, 15) is 56.1 Å². The minimum absolute atomic E-state index is 0.756. The molecule has 1 aliphatic heterocycles. The maximum Gasteiger partial charge on any atom is 0.241 e. The summed E-state index contributed by atoms with van der Waals surface area (Å²) in [5.41, 5.74) is -8.11. The summed E-state index contributed by atoms with van der Waals surface area (Å²) < 4.78 is 104. The van der Waals surface area contributed by atoms with Crippen molar-refractivity contribution in [3.8, 4) is 0 Å². The molecule has 0 amide bonds. The molecular weight excluding hydrogens is 400 g/mol. The van der Waals surface area contributed by atoms with E-state index in [0.29, 0.717) is 0 Å². The van der Waals surface area contributed by atoms with Crippen molar-refractivity contribution >= 4 is 0 Å². The lowest BCUT2D eigenvalue weighted by molar-refractivity contribution is -0.691. The molecule has 12 nitrogen and oxygen atoms in total. The topological polar surface area (TPSA) is 106 Å². The van der Waals surface area contributed by atoms with E-state index in [1.807, 2.05) is 0 Å². The molecule has 1 heterocycles. The molecule has 1 fully saturated rings. The molecule has 0 saturated carbocycles. The van der Waals surface area contributed by atoms with E-state index in [1.165, 1.54) is 0 Å². The third kappa shape index (κ3) is 3.76. The lowest BCUT2D eigenvalue weighted by atomic mass is 10.1. The van der Waals surface area contributed by atoms with Gasteiger partial charge in [-0.25, -0.2) is 20.2 Å². The molecule has 1 saturated heterocycles. The number of hydrogen-bond acceptors (Lipinski definition) is 8. The van der Waals surface area contributed by atoms with E-state index < -0.39 is 79.0 Å². The SMILES string of the molecule is O=[N+]([O-])N1CC(N(F)F)(N(F)F)CN([N+](=O)[O-])CC(N(F)F)(N(F)F)C1. The highest BCUT2D eigenvalue weighted by Crippen LogP contribution is 2.34. The number of nitro groups is 2. The molecule has 26 heavy (non-hydrogen) atoms. The van der Waals surface area contributed by atoms with Gasteiger partial charge in [-0.1, -0.05) is 35.9 Å². The molecule has 0 spiro atoms. The second-order valence-electron chi connectivity index (χ2n) is 5.02. The fourth-order valence-electron chi connectivity index (χ4n) is 2.15. The summed E-state index contributed by atoms with van der Waals surface area (Å²) in [7, 11) is 0. The van der Waals surface area contributed by atoms with Crippen molar-refractivity contribution in [1.82, 2.24) is 31.4 Å². The van der Waals surface area contributed by atoms with E-state index in [1.54, 1.807) is 0 Å². The third-order valence-electron chi connectivity index (χ3n) is 3.46. The molecule has 1 rings (SSSR count). The van der Waals surface area contributed by atoms with Crippen LogP contribution >= 0.6 is 0 Å². The highest BCUT2D eigenvalue weighted by Gasteiger charge is 2.62. The third-order valence-corrected chi connectivity index (χ3v) is 3.46. The molecule has 0 unspecified atom stereocenters. The summed E-state index contributed by atoms with van der Waals surface area (Å²) >= 11 is 0. The summed E-state index contributed by atoms with van der Waals surface area (Å²) in [5, 5.41) is 7.38. The van der Waals surface area contributed by atoms with E-state index in [2.05, 4.69) is 0 Å². The predicted octanol–water partition coefficient (Wildman–Crippen LogP) is 0.664. The summed E-state index contributed by atoms with van der Waals surface area (Å²) in [6, 6.07) is 0. The Balaban J connectivity index is 3.55. The Morgan fingerprint density at radius 3 is 0.923 bits per heavy atom. The maximum atomic E-state index is 13.0. The van der Waals surface area contributed by atoms with Crippen LogP contribution in [0.5, 0.6) is 0 Å². The minimum atomic E-state index is -4.05. The second-order valence-corrected chi connectivity index (χ2v) is 5.02. The molecule has 0 aromatic carbocycles. The molecule has 1 aliphatic rings. The molecule has 0 atom stereocenters. The van der Waals surface area contributed by atoms with Crippen LogP contribution in [0.4, 0.5) is 35.9 Å². The summed E-state index contributed by atoms with van der Waals surface area (Å²) in [6.07, 6.45) is 0. The number of halogens is 8. The average molecular weight is 408 g/mol. The average Bonchev–Trinajstić information content (AvgIpc) is 2.45. The first kappa shape index (κ1) is 21.7. The van der Waals surface area contributed by atoms with Crippen molar-refractivity contribution in [3.05, 3.63) is 20.2 Å². The lowest BCUT2D eigenvalue weighted by Gasteiger charge is -2.42. The summed E-state index contributed by atoms with van der Waals surface area (Å²) in [6.45, 7) is -8.58. The van der Waals surface area contributed by atoms with Gasteiger partial charge < -0.3 is 0 Å². The Morgan fingerprint density at radius 2 is 0.808 bits per heavy atom. The Hall–Kier alpha value is -2.32. The largest absolute Gasteiger partial charge is 0.241 e. The van der Waals surface area contributed by atoms with E-state index in [0.717, 1.165) is 0 Å². The minimum Gasteiger partial charge on any atom is -0.235 e. The van der Waals surface area contributed by atoms with Gasteiger partial charge in [0.25, 0.3) is 0 Å². The zero-order valence-corrected chi connectivity index (χ0v) is 12.1. The van der Waals surface area contributed by atoms with Gasteiger partial charge in [0.05, 0.1) is 21.4 Å². The van der Waals surface area contributed by atoms with E-state index in [-0.39, 0.29) is 0 Å². The number of rotatable bonds is 6. The first-order chi connectivity index (χ1) is 11.8. The molecule has 152 valence electrons. The van der Waals surface area contributed by atoms with Gasteiger partial charge >= 0.3 is 0 Å². The second kappa shape index (κ2) is 7.51. The van der Waals surface area contributed by atoms with Crippen LogP contribution in [-0.2, 0) is 0 Å². The van der Waals surface area contributed by atoms with Crippen LogP contribution in [0.15, 0.2) is 0 Å². The van der Waals surface area contributed by atoms with Gasteiger partial charge in [-0.2, -0.15) is 0 Å². The van der Waals surface area contributed by atoms with Crippen molar-refractivity contribution in [2.45, 2.75) is 11.3 Å². The van der Waals surface area contributed by atoms with Crippen LogP contribution in [0.25, 0.3) is 0 Å². The van der Waals surface area contributed by atoms with Crippen LogP contribution in [0, 0.1) is 20.2 Å². The van der Waals surface area contributed by atoms with Crippen LogP contribution in [0.3, 0.4) is 0 Å². The van der Waals surface area contributed by atoms with Gasteiger partial charge in [0.15, 0.2) is 10.1 Å². The Labute approximate surface area is 136 Å². The van der Waals surface area contributed by atoms with Crippen LogP contribution in [0.2, 0.25) is 0 Å². The fraction of sp³-hybridized carbons (Fsp3) is 1.00. The van der Waals surface area contributed by atoms with Crippen LogP contribution < -0.4 is 0 Å². The smallest absolute Gasteiger partial charge is 0.235 e. The highest BCUT2D eigenvalue weighted by atomic mass is 19.4. The van der Waals surface area contributed by atoms with E-state index in [4.69, 9.17) is 0 Å². The molecule has 0 N–H and O–H groups in total. The van der Waals surface area contributed by atoms with Gasteiger partial charge in [0.2, 0.25) is 11.3 Å². The first-order valence-electron chi connectivity index (χ1n) is 6.06. The van der Waals surface area contributed by atoms with Gasteiger partial charge in [0, 0.05) is 0 Å². The van der Waals surface area contributed by atoms with E-state index >= 15 is 0 Å². The number of nitrogens with zero attached hydrogens (tertiary/aromatic N) is 8. The summed E-state index contributed by atoms with van der Waals surface area (Å²) in [5.74, 6) is 0. The van der Waals surface area contributed by atoms with Gasteiger partial charge in [-0.3, -0.25) is 0 Å². The van der Waals surface area contributed by atoms with Crippen LogP contribution in [-0.4, -0.2) is 79.0 Å². The van der Waals surface area contributed by atoms with Crippen molar-refractivity contribution in [3.63, 3.8) is 0 Å². The summed E-state index contributed by atoms with van der Waals surface area (Å²) in [4.78, 5) is 21.7. The highest BCUT2D eigenvalue weighted by molar-refractivity contribution is 4.92. The molecule has 0 aromatic rings. The Kier molecular flexibility index (Phi) is 6.27. The molecule has 0 aliphatic carbocycles. The molecular formula is C6H8F8N8O4. The van der Waals surface area contributed by atoms with Crippen molar-refractivity contribution in [2.75, 3.05) is 26.2 Å². The Morgan fingerprint density at radius 1 is 0.615 bits per heavy atom. The normalized spacial score (nSPS) is 20.6. The zero-order valence-electron chi connectivity index (χ0n) is 12.1. The van der Waals surface area contributed by atoms with Gasteiger partial charge in [0.1, 0.15) is 26.2 Å².